The largest absolute Gasteiger partial charge is 0.370 e. The molecule has 3 aliphatic rings. The Morgan fingerprint density at radius 1 is 1.18 bits per heavy atom. The summed E-state index contributed by atoms with van der Waals surface area (Å²) in [5.74, 6) is 2.76. The maximum Gasteiger partial charge on any atom is 0.159 e. The van der Waals surface area contributed by atoms with E-state index >= 15 is 0 Å². The molecule has 1 saturated heterocycles. The summed E-state index contributed by atoms with van der Waals surface area (Å²) in [7, 11) is 0. The zero-order chi connectivity index (χ0) is 12.0. The standard InChI is InChI=1S/C15H23NO/c1-10-3-4-14-12(7-10)8-11(2)15-9-13(17)5-6-16(14)15/h5-6,10-12,14-15H,3-4,7-9H2,1-2H3. The van der Waals surface area contributed by atoms with Crippen molar-refractivity contribution in [2.45, 2.75) is 58.0 Å². The molecule has 2 aliphatic heterocycles. The summed E-state index contributed by atoms with van der Waals surface area (Å²) in [6.07, 6.45) is 10.0. The molecule has 17 heavy (non-hydrogen) atoms. The smallest absolute Gasteiger partial charge is 0.159 e. The molecule has 0 radical (unpaired) electrons. The van der Waals surface area contributed by atoms with E-state index in [0.29, 0.717) is 17.7 Å². The van der Waals surface area contributed by atoms with Crippen molar-refractivity contribution in [1.29, 1.82) is 0 Å². The molecule has 0 amide bonds. The van der Waals surface area contributed by atoms with Gasteiger partial charge in [-0.2, -0.15) is 0 Å². The van der Waals surface area contributed by atoms with Gasteiger partial charge in [-0.15, -0.1) is 0 Å². The molecular weight excluding hydrogens is 210 g/mol. The Bertz CT molecular complexity index is 349. The summed E-state index contributed by atoms with van der Waals surface area (Å²) in [6, 6.07) is 1.21. The minimum absolute atomic E-state index is 0.320. The van der Waals surface area contributed by atoms with Gasteiger partial charge in [0, 0.05) is 24.7 Å². The normalized spacial score (nSPS) is 45.4. The van der Waals surface area contributed by atoms with Gasteiger partial charge in [-0.25, -0.2) is 0 Å². The van der Waals surface area contributed by atoms with Crippen molar-refractivity contribution in [1.82, 2.24) is 4.90 Å². The van der Waals surface area contributed by atoms with Crippen molar-refractivity contribution >= 4 is 5.78 Å². The van der Waals surface area contributed by atoms with Crippen LogP contribution in [0.25, 0.3) is 0 Å². The average Bonchev–Trinajstić information content (AvgIpc) is 2.29. The van der Waals surface area contributed by atoms with Gasteiger partial charge in [-0.05, 0) is 49.5 Å². The number of fused-ring (bicyclic) bond motifs is 3. The van der Waals surface area contributed by atoms with E-state index in [1.165, 1.54) is 25.7 Å². The number of hydrogen-bond donors (Lipinski definition) is 0. The van der Waals surface area contributed by atoms with E-state index in [1.807, 2.05) is 0 Å². The van der Waals surface area contributed by atoms with Crippen LogP contribution in [0.4, 0.5) is 0 Å². The second-order valence-electron chi connectivity index (χ2n) is 6.46. The van der Waals surface area contributed by atoms with Crippen LogP contribution in [0.1, 0.15) is 46.0 Å². The molecule has 0 bridgehead atoms. The molecule has 0 spiro atoms. The molecule has 2 heterocycles. The highest BCUT2D eigenvalue weighted by Crippen LogP contribution is 2.43. The third kappa shape index (κ3) is 1.92. The first kappa shape index (κ1) is 11.3. The maximum absolute atomic E-state index is 11.6. The van der Waals surface area contributed by atoms with E-state index in [-0.39, 0.29) is 0 Å². The van der Waals surface area contributed by atoms with Crippen molar-refractivity contribution in [2.24, 2.45) is 17.8 Å². The summed E-state index contributed by atoms with van der Waals surface area (Å²) in [6.45, 7) is 4.72. The van der Waals surface area contributed by atoms with Crippen molar-refractivity contribution < 1.29 is 4.79 Å². The Morgan fingerprint density at radius 3 is 2.82 bits per heavy atom. The molecule has 2 nitrogen and oxygen atoms in total. The van der Waals surface area contributed by atoms with Crippen molar-refractivity contribution in [3.05, 3.63) is 12.3 Å². The lowest BCUT2D eigenvalue weighted by Crippen LogP contribution is -2.55. The number of piperidine rings is 1. The van der Waals surface area contributed by atoms with Gasteiger partial charge >= 0.3 is 0 Å². The summed E-state index contributed by atoms with van der Waals surface area (Å²) in [5, 5.41) is 0. The van der Waals surface area contributed by atoms with Crippen LogP contribution in [-0.2, 0) is 4.79 Å². The zero-order valence-corrected chi connectivity index (χ0v) is 10.9. The van der Waals surface area contributed by atoms with Gasteiger partial charge in [0.1, 0.15) is 0 Å². The predicted octanol–water partition coefficient (Wildman–Crippen LogP) is 2.99. The van der Waals surface area contributed by atoms with Gasteiger partial charge in [0.15, 0.2) is 5.78 Å². The second-order valence-corrected chi connectivity index (χ2v) is 6.46. The van der Waals surface area contributed by atoms with E-state index in [0.717, 1.165) is 24.3 Å². The first-order valence-corrected chi connectivity index (χ1v) is 7.13. The summed E-state index contributed by atoms with van der Waals surface area (Å²) < 4.78 is 0. The number of hydrogen-bond acceptors (Lipinski definition) is 2. The SMILES string of the molecule is CC1CCC2C(C1)CC(C)C1CC(=O)C=CN12. The Labute approximate surface area is 104 Å². The molecule has 1 aliphatic carbocycles. The minimum atomic E-state index is 0.320. The van der Waals surface area contributed by atoms with Crippen LogP contribution in [0.3, 0.4) is 0 Å². The number of carbonyl (C=O) groups is 1. The molecular formula is C15H23NO. The molecule has 0 N–H and O–H groups in total. The Kier molecular flexibility index (Phi) is 2.76. The summed E-state index contributed by atoms with van der Waals surface area (Å²) in [4.78, 5) is 14.1. The topological polar surface area (TPSA) is 20.3 Å². The molecule has 5 atom stereocenters. The molecule has 0 aromatic heterocycles. The fraction of sp³-hybridized carbons (Fsp3) is 0.800. The summed E-state index contributed by atoms with van der Waals surface area (Å²) in [5.41, 5.74) is 0. The van der Waals surface area contributed by atoms with Crippen LogP contribution in [0.2, 0.25) is 0 Å². The molecule has 2 heteroatoms. The molecule has 3 rings (SSSR count). The number of allylic oxidation sites excluding steroid dienone is 1. The van der Waals surface area contributed by atoms with E-state index < -0.39 is 0 Å². The van der Waals surface area contributed by atoms with Crippen LogP contribution >= 0.6 is 0 Å². The Morgan fingerprint density at radius 2 is 2.00 bits per heavy atom. The van der Waals surface area contributed by atoms with Crippen LogP contribution in [0.5, 0.6) is 0 Å². The summed E-state index contributed by atoms with van der Waals surface area (Å²) >= 11 is 0. The van der Waals surface area contributed by atoms with Crippen LogP contribution in [-0.4, -0.2) is 22.8 Å². The second kappa shape index (κ2) is 4.15. The molecule has 2 fully saturated rings. The van der Waals surface area contributed by atoms with E-state index in [2.05, 4.69) is 24.9 Å². The van der Waals surface area contributed by atoms with Crippen molar-refractivity contribution in [3.63, 3.8) is 0 Å². The average molecular weight is 233 g/mol. The van der Waals surface area contributed by atoms with Gasteiger partial charge in [-0.3, -0.25) is 4.79 Å². The van der Waals surface area contributed by atoms with Gasteiger partial charge < -0.3 is 4.90 Å². The Balaban J connectivity index is 1.85. The zero-order valence-electron chi connectivity index (χ0n) is 10.9. The third-order valence-electron chi connectivity index (χ3n) is 5.14. The highest BCUT2D eigenvalue weighted by Gasteiger charge is 2.43. The lowest BCUT2D eigenvalue weighted by Gasteiger charge is -2.53. The van der Waals surface area contributed by atoms with E-state index in [1.54, 1.807) is 6.08 Å². The van der Waals surface area contributed by atoms with Crippen LogP contribution in [0, 0.1) is 17.8 Å². The lowest BCUT2D eigenvalue weighted by molar-refractivity contribution is -0.118. The fourth-order valence-electron chi connectivity index (χ4n) is 4.27. The Hall–Kier alpha value is -0.790. The van der Waals surface area contributed by atoms with Gasteiger partial charge in [0.05, 0.1) is 0 Å². The molecule has 1 saturated carbocycles. The van der Waals surface area contributed by atoms with Gasteiger partial charge in [-0.1, -0.05) is 13.8 Å². The van der Waals surface area contributed by atoms with Crippen LogP contribution in [0.15, 0.2) is 12.3 Å². The van der Waals surface area contributed by atoms with E-state index in [4.69, 9.17) is 0 Å². The molecule has 0 aromatic carbocycles. The van der Waals surface area contributed by atoms with E-state index in [9.17, 15) is 4.79 Å². The number of carbonyl (C=O) groups excluding carboxylic acids is 1. The number of ketones is 1. The quantitative estimate of drug-likeness (QED) is 0.641. The van der Waals surface area contributed by atoms with Gasteiger partial charge in [0.2, 0.25) is 0 Å². The van der Waals surface area contributed by atoms with Gasteiger partial charge in [0.25, 0.3) is 0 Å². The highest BCUT2D eigenvalue weighted by atomic mass is 16.1. The lowest BCUT2D eigenvalue weighted by atomic mass is 9.68. The minimum Gasteiger partial charge on any atom is -0.370 e. The van der Waals surface area contributed by atoms with Crippen molar-refractivity contribution in [3.8, 4) is 0 Å². The monoisotopic (exact) mass is 233 g/mol. The predicted molar refractivity (Wildman–Crippen MR) is 68.5 cm³/mol. The first-order valence-electron chi connectivity index (χ1n) is 7.13. The molecule has 0 aromatic rings. The number of rotatable bonds is 0. The fourth-order valence-corrected chi connectivity index (χ4v) is 4.27. The molecule has 5 unspecified atom stereocenters. The van der Waals surface area contributed by atoms with Crippen molar-refractivity contribution in [2.75, 3.05) is 0 Å². The maximum atomic E-state index is 11.6. The molecule has 94 valence electrons. The third-order valence-corrected chi connectivity index (χ3v) is 5.14. The highest BCUT2D eigenvalue weighted by molar-refractivity contribution is 5.90. The number of nitrogens with zero attached hydrogens (tertiary/aromatic N) is 1. The van der Waals surface area contributed by atoms with Crippen LogP contribution < -0.4 is 0 Å². The first-order chi connectivity index (χ1) is 8.15.